The normalized spacial score (nSPS) is 22.3. The van der Waals surface area contributed by atoms with Crippen LogP contribution in [0.1, 0.15) is 37.2 Å². The molecule has 5 rings (SSSR count). The number of fused-ring (bicyclic) bond motifs is 1. The summed E-state index contributed by atoms with van der Waals surface area (Å²) in [7, 11) is 0. The van der Waals surface area contributed by atoms with Crippen molar-refractivity contribution in [2.24, 2.45) is 0 Å². The van der Waals surface area contributed by atoms with Gasteiger partial charge in [-0.15, -0.1) is 12.4 Å². The number of hydrogen-bond donors (Lipinski definition) is 2. The first-order valence-electron chi connectivity index (χ1n) is 9.79. The van der Waals surface area contributed by atoms with Gasteiger partial charge in [-0.3, -0.25) is 0 Å². The van der Waals surface area contributed by atoms with Crippen molar-refractivity contribution in [3.05, 3.63) is 48.2 Å². The molecule has 1 saturated carbocycles. The molecule has 2 aliphatic rings. The molecule has 0 radical (unpaired) electrons. The van der Waals surface area contributed by atoms with Gasteiger partial charge in [0.25, 0.3) is 0 Å². The van der Waals surface area contributed by atoms with Crippen molar-refractivity contribution in [3.8, 4) is 5.88 Å². The van der Waals surface area contributed by atoms with Gasteiger partial charge in [-0.2, -0.15) is 0 Å². The van der Waals surface area contributed by atoms with E-state index in [4.69, 9.17) is 4.74 Å². The summed E-state index contributed by atoms with van der Waals surface area (Å²) in [5.74, 6) is 1.40. The van der Waals surface area contributed by atoms with Crippen molar-refractivity contribution in [1.29, 1.82) is 0 Å². The van der Waals surface area contributed by atoms with Crippen LogP contribution in [0.5, 0.6) is 5.88 Å². The van der Waals surface area contributed by atoms with E-state index in [1.165, 1.54) is 10.3 Å². The highest BCUT2D eigenvalue weighted by molar-refractivity contribution is 7.22. The molecule has 7 heteroatoms. The average Bonchev–Trinajstić information content (AvgIpc) is 3.10. The van der Waals surface area contributed by atoms with E-state index in [9.17, 15) is 0 Å². The van der Waals surface area contributed by atoms with Gasteiger partial charge in [0.05, 0.1) is 10.2 Å². The third kappa shape index (κ3) is 4.09. The van der Waals surface area contributed by atoms with E-state index in [2.05, 4.69) is 44.9 Å². The van der Waals surface area contributed by atoms with Crippen LogP contribution in [0.3, 0.4) is 0 Å². The molecule has 2 N–H and O–H groups in total. The van der Waals surface area contributed by atoms with Gasteiger partial charge in [0.15, 0.2) is 5.13 Å². The summed E-state index contributed by atoms with van der Waals surface area (Å²) in [5, 5.41) is 8.00. The fraction of sp³-hybridized carbons (Fsp3) is 0.429. The summed E-state index contributed by atoms with van der Waals surface area (Å²) in [4.78, 5) is 9.21. The number of nitrogens with one attached hydrogen (secondary N) is 2. The summed E-state index contributed by atoms with van der Waals surface area (Å²) in [6.45, 7) is 2.16. The molecule has 1 aliphatic carbocycles. The number of halogens is 1. The minimum absolute atomic E-state index is 0. The van der Waals surface area contributed by atoms with Crippen molar-refractivity contribution in [1.82, 2.24) is 15.3 Å². The fourth-order valence-electron chi connectivity index (χ4n) is 3.99. The molecular formula is C21H25ClN4OS. The van der Waals surface area contributed by atoms with Crippen molar-refractivity contribution in [3.63, 3.8) is 0 Å². The Morgan fingerprint density at radius 1 is 1.07 bits per heavy atom. The van der Waals surface area contributed by atoms with Gasteiger partial charge in [0, 0.05) is 30.6 Å². The van der Waals surface area contributed by atoms with Crippen LogP contribution in [0.2, 0.25) is 0 Å². The maximum absolute atomic E-state index is 6.27. The number of nitrogens with zero attached hydrogens (tertiary/aromatic N) is 2. The maximum atomic E-state index is 6.27. The number of thiazole rings is 1. The highest BCUT2D eigenvalue weighted by Crippen LogP contribution is 2.35. The highest BCUT2D eigenvalue weighted by atomic mass is 35.5. The number of hydrogen-bond acceptors (Lipinski definition) is 6. The zero-order valence-electron chi connectivity index (χ0n) is 15.6. The van der Waals surface area contributed by atoms with Crippen molar-refractivity contribution < 1.29 is 4.74 Å². The number of piperidine rings is 1. The van der Waals surface area contributed by atoms with E-state index in [-0.39, 0.29) is 18.5 Å². The number of pyridine rings is 1. The fourth-order valence-corrected chi connectivity index (χ4v) is 4.93. The monoisotopic (exact) mass is 416 g/mol. The Kier molecular flexibility index (Phi) is 5.99. The number of anilines is 1. The smallest absolute Gasteiger partial charge is 0.217 e. The van der Waals surface area contributed by atoms with Crippen molar-refractivity contribution in [2.75, 3.05) is 18.4 Å². The first-order chi connectivity index (χ1) is 13.3. The van der Waals surface area contributed by atoms with Crippen molar-refractivity contribution in [2.45, 2.75) is 43.7 Å². The Hall–Kier alpha value is -1.89. The molecule has 0 amide bonds. The minimum Gasteiger partial charge on any atom is -0.474 e. The first-order valence-corrected chi connectivity index (χ1v) is 10.6. The van der Waals surface area contributed by atoms with Gasteiger partial charge in [-0.25, -0.2) is 9.97 Å². The van der Waals surface area contributed by atoms with E-state index in [1.54, 1.807) is 11.3 Å². The number of aromatic nitrogens is 2. The van der Waals surface area contributed by atoms with E-state index in [0.29, 0.717) is 12.0 Å². The Labute approximate surface area is 175 Å². The van der Waals surface area contributed by atoms with Gasteiger partial charge < -0.3 is 15.4 Å². The molecule has 3 heterocycles. The van der Waals surface area contributed by atoms with Crippen LogP contribution in [0.25, 0.3) is 10.2 Å². The predicted octanol–water partition coefficient (Wildman–Crippen LogP) is 4.60. The van der Waals surface area contributed by atoms with Crippen LogP contribution in [-0.4, -0.2) is 35.2 Å². The molecule has 2 aromatic heterocycles. The maximum Gasteiger partial charge on any atom is 0.217 e. The Balaban J connectivity index is 0.00000192. The van der Waals surface area contributed by atoms with Gasteiger partial charge in [-0.05, 0) is 50.0 Å². The second kappa shape index (κ2) is 8.64. The summed E-state index contributed by atoms with van der Waals surface area (Å²) < 4.78 is 7.50. The zero-order valence-corrected chi connectivity index (χ0v) is 17.3. The van der Waals surface area contributed by atoms with E-state index >= 15 is 0 Å². The summed E-state index contributed by atoms with van der Waals surface area (Å²) in [5.41, 5.74) is 2.35. The summed E-state index contributed by atoms with van der Waals surface area (Å²) in [6, 6.07) is 12.9. The molecule has 3 aromatic rings. The third-order valence-electron chi connectivity index (χ3n) is 5.57. The van der Waals surface area contributed by atoms with E-state index in [1.807, 2.05) is 18.3 Å². The Bertz CT molecular complexity index is 888. The van der Waals surface area contributed by atoms with Crippen LogP contribution in [0.4, 0.5) is 5.13 Å². The Morgan fingerprint density at radius 3 is 2.71 bits per heavy atom. The predicted molar refractivity (Wildman–Crippen MR) is 117 cm³/mol. The summed E-state index contributed by atoms with van der Waals surface area (Å²) >= 11 is 1.72. The second-order valence-corrected chi connectivity index (χ2v) is 8.49. The van der Waals surface area contributed by atoms with Crippen LogP contribution >= 0.6 is 23.7 Å². The van der Waals surface area contributed by atoms with Crippen LogP contribution in [-0.2, 0) is 0 Å². The van der Waals surface area contributed by atoms with Gasteiger partial charge >= 0.3 is 0 Å². The van der Waals surface area contributed by atoms with Crippen LogP contribution in [0.15, 0.2) is 42.6 Å². The van der Waals surface area contributed by atoms with Gasteiger partial charge in [0.2, 0.25) is 5.88 Å². The molecule has 5 nitrogen and oxygen atoms in total. The summed E-state index contributed by atoms with van der Waals surface area (Å²) in [6.07, 6.45) is 6.40. The molecule has 0 atom stereocenters. The molecular weight excluding hydrogens is 392 g/mol. The molecule has 148 valence electrons. The Morgan fingerprint density at radius 2 is 1.89 bits per heavy atom. The molecule has 2 fully saturated rings. The lowest BCUT2D eigenvalue weighted by Crippen LogP contribution is -2.42. The SMILES string of the molecule is Cl.c1cnc(OC2CC(Nc3nc4ccccc4s3)C2)c(C2CCNCC2)c1. The lowest BCUT2D eigenvalue weighted by Gasteiger charge is -2.36. The molecule has 28 heavy (non-hydrogen) atoms. The number of rotatable bonds is 5. The molecule has 0 unspecified atom stereocenters. The van der Waals surface area contributed by atoms with Crippen LogP contribution in [0, 0.1) is 0 Å². The quantitative estimate of drug-likeness (QED) is 0.636. The zero-order chi connectivity index (χ0) is 18.1. The molecule has 1 saturated heterocycles. The molecule has 1 aromatic carbocycles. The highest BCUT2D eigenvalue weighted by Gasteiger charge is 2.33. The average molecular weight is 417 g/mol. The van der Waals surface area contributed by atoms with E-state index in [0.717, 1.165) is 55.3 Å². The standard InChI is InChI=1S/C21H24N4OS.ClH/c1-2-6-19-18(5-1)25-21(27-19)24-15-12-16(13-15)26-20-17(4-3-9-23-20)14-7-10-22-11-8-14;/h1-6,9,14-16,22H,7-8,10-13H2,(H,24,25);1H. The largest absolute Gasteiger partial charge is 0.474 e. The van der Waals surface area contributed by atoms with E-state index < -0.39 is 0 Å². The van der Waals surface area contributed by atoms with Crippen molar-refractivity contribution >= 4 is 39.1 Å². The lowest BCUT2D eigenvalue weighted by molar-refractivity contribution is 0.101. The number of ether oxygens (including phenoxy) is 1. The topological polar surface area (TPSA) is 59.1 Å². The van der Waals surface area contributed by atoms with Gasteiger partial charge in [-0.1, -0.05) is 29.5 Å². The number of para-hydroxylation sites is 1. The minimum atomic E-state index is 0. The molecule has 1 aliphatic heterocycles. The van der Waals surface area contributed by atoms with Gasteiger partial charge in [0.1, 0.15) is 6.10 Å². The second-order valence-electron chi connectivity index (χ2n) is 7.46. The first kappa shape index (κ1) is 19.4. The molecule has 0 spiro atoms. The number of benzene rings is 1. The third-order valence-corrected chi connectivity index (χ3v) is 6.54. The lowest BCUT2D eigenvalue weighted by atomic mass is 9.88. The van der Waals surface area contributed by atoms with Crippen LogP contribution < -0.4 is 15.4 Å². The molecule has 0 bridgehead atoms.